The predicted octanol–water partition coefficient (Wildman–Crippen LogP) is 6.46. The first-order valence-corrected chi connectivity index (χ1v) is 11.2. The van der Waals surface area contributed by atoms with Crippen molar-refractivity contribution in [3.05, 3.63) is 59.3 Å². The highest BCUT2D eigenvalue weighted by molar-refractivity contribution is 5.68. The Hall–Kier alpha value is -2.86. The molecule has 0 spiro atoms. The number of rotatable bonds is 5. The number of hydrogen-bond acceptors (Lipinski definition) is 5. The van der Waals surface area contributed by atoms with Crippen molar-refractivity contribution in [2.24, 2.45) is 0 Å². The van der Waals surface area contributed by atoms with Crippen LogP contribution in [0.2, 0.25) is 0 Å². The molecule has 1 aliphatic heterocycles. The van der Waals surface area contributed by atoms with Crippen molar-refractivity contribution in [2.45, 2.75) is 59.7 Å². The number of benzene rings is 1. The van der Waals surface area contributed by atoms with E-state index >= 15 is 0 Å². The smallest absolute Gasteiger partial charge is 0.410 e. The summed E-state index contributed by atoms with van der Waals surface area (Å²) >= 11 is 0. The van der Waals surface area contributed by atoms with Crippen molar-refractivity contribution >= 4 is 12.2 Å². The summed E-state index contributed by atoms with van der Waals surface area (Å²) in [5.74, 6) is 1.29. The number of nitrogens with zero attached hydrogens (tertiary/aromatic N) is 2. The van der Waals surface area contributed by atoms with Crippen LogP contribution in [-0.2, 0) is 16.1 Å². The summed E-state index contributed by atoms with van der Waals surface area (Å²) in [6, 6.07) is 11.7. The molecule has 1 aromatic carbocycles. The molecule has 0 aliphatic carbocycles. The van der Waals surface area contributed by atoms with Crippen LogP contribution in [-0.4, -0.2) is 41.8 Å². The molecule has 0 bridgehead atoms. The highest BCUT2D eigenvalue weighted by Gasteiger charge is 2.24. The van der Waals surface area contributed by atoms with Gasteiger partial charge in [-0.3, -0.25) is 0 Å². The zero-order valence-electron chi connectivity index (χ0n) is 20.2. The molecular weight excluding hydrogens is 404 g/mol. The molecule has 1 saturated heterocycles. The number of aromatic nitrogens is 1. The van der Waals surface area contributed by atoms with E-state index in [1.807, 2.05) is 65.0 Å². The Balaban J connectivity index is 0.00000176. The first-order valence-electron chi connectivity index (χ1n) is 11.2. The molecule has 0 radical (unpaired) electrons. The molecule has 0 N–H and O–H groups in total. The molecule has 3 rings (SSSR count). The SMILES string of the molecule is CC.COCc1ccc(Oc2cccc(C=C3CCN(C(=O)OC(C)(C)C)CC3)c2)nc1. The quantitative estimate of drug-likeness (QED) is 0.534. The summed E-state index contributed by atoms with van der Waals surface area (Å²) in [6.45, 7) is 11.5. The highest BCUT2D eigenvalue weighted by atomic mass is 16.6. The lowest BCUT2D eigenvalue weighted by Crippen LogP contribution is -2.40. The molecule has 0 atom stereocenters. The van der Waals surface area contributed by atoms with Gasteiger partial charge in [-0.15, -0.1) is 0 Å². The molecule has 1 amide bonds. The number of amides is 1. The minimum absolute atomic E-state index is 0.235. The zero-order chi connectivity index (χ0) is 23.6. The zero-order valence-corrected chi connectivity index (χ0v) is 20.2. The second-order valence-corrected chi connectivity index (χ2v) is 8.38. The highest BCUT2D eigenvalue weighted by Crippen LogP contribution is 2.25. The standard InChI is InChI=1S/C24H30N2O4.C2H6/c1-24(2,3)30-23(27)26-12-10-18(11-13-26)14-19-6-5-7-21(15-19)29-22-9-8-20(16-25-22)17-28-4;1-2/h5-9,14-16H,10-13,17H2,1-4H3;1-2H3. The van der Waals surface area contributed by atoms with Gasteiger partial charge in [0.2, 0.25) is 5.88 Å². The van der Waals surface area contributed by atoms with Gasteiger partial charge in [-0.05, 0) is 62.9 Å². The number of piperidine rings is 1. The van der Waals surface area contributed by atoms with Gasteiger partial charge in [-0.2, -0.15) is 0 Å². The van der Waals surface area contributed by atoms with Crippen LogP contribution in [0.3, 0.4) is 0 Å². The van der Waals surface area contributed by atoms with Crippen molar-refractivity contribution < 1.29 is 19.0 Å². The van der Waals surface area contributed by atoms with Crippen LogP contribution in [0, 0.1) is 0 Å². The number of ether oxygens (including phenoxy) is 3. The van der Waals surface area contributed by atoms with Gasteiger partial charge in [0.15, 0.2) is 0 Å². The molecule has 6 heteroatoms. The monoisotopic (exact) mass is 440 g/mol. The van der Waals surface area contributed by atoms with Crippen LogP contribution >= 0.6 is 0 Å². The largest absolute Gasteiger partial charge is 0.444 e. The molecule has 0 unspecified atom stereocenters. The number of carbonyl (C=O) groups is 1. The summed E-state index contributed by atoms with van der Waals surface area (Å²) in [5.41, 5.74) is 2.92. The van der Waals surface area contributed by atoms with Gasteiger partial charge < -0.3 is 19.1 Å². The number of pyridine rings is 1. The van der Waals surface area contributed by atoms with Crippen LogP contribution in [0.5, 0.6) is 11.6 Å². The fourth-order valence-electron chi connectivity index (χ4n) is 3.19. The van der Waals surface area contributed by atoms with E-state index in [1.54, 1.807) is 18.2 Å². The van der Waals surface area contributed by atoms with E-state index in [-0.39, 0.29) is 6.09 Å². The Morgan fingerprint density at radius 3 is 2.44 bits per heavy atom. The van der Waals surface area contributed by atoms with Gasteiger partial charge in [-0.25, -0.2) is 9.78 Å². The van der Waals surface area contributed by atoms with E-state index < -0.39 is 5.60 Å². The number of likely N-dealkylation sites (tertiary alicyclic amines) is 1. The fourth-order valence-corrected chi connectivity index (χ4v) is 3.19. The van der Waals surface area contributed by atoms with Gasteiger partial charge in [0.25, 0.3) is 0 Å². The van der Waals surface area contributed by atoms with Crippen molar-refractivity contribution in [3.8, 4) is 11.6 Å². The number of carbonyl (C=O) groups excluding carboxylic acids is 1. The van der Waals surface area contributed by atoms with Gasteiger partial charge in [0.1, 0.15) is 11.4 Å². The second kappa shape index (κ2) is 12.2. The maximum absolute atomic E-state index is 12.2. The van der Waals surface area contributed by atoms with Gasteiger partial charge >= 0.3 is 6.09 Å². The Morgan fingerprint density at radius 2 is 1.84 bits per heavy atom. The summed E-state index contributed by atoms with van der Waals surface area (Å²) in [4.78, 5) is 18.3. The lowest BCUT2D eigenvalue weighted by molar-refractivity contribution is 0.0237. The van der Waals surface area contributed by atoms with Crippen LogP contribution in [0.4, 0.5) is 4.79 Å². The third-order valence-corrected chi connectivity index (χ3v) is 4.62. The normalized spacial score (nSPS) is 13.7. The molecule has 174 valence electrons. The maximum Gasteiger partial charge on any atom is 0.410 e. The minimum Gasteiger partial charge on any atom is -0.444 e. The minimum atomic E-state index is -0.466. The van der Waals surface area contributed by atoms with Crippen LogP contribution < -0.4 is 4.74 Å². The van der Waals surface area contributed by atoms with E-state index in [1.165, 1.54) is 5.57 Å². The lowest BCUT2D eigenvalue weighted by Gasteiger charge is -2.31. The van der Waals surface area contributed by atoms with Crippen LogP contribution in [0.1, 0.15) is 58.6 Å². The average molecular weight is 441 g/mol. The number of methoxy groups -OCH3 is 1. The molecule has 2 aromatic rings. The lowest BCUT2D eigenvalue weighted by atomic mass is 10.0. The van der Waals surface area contributed by atoms with E-state index in [0.717, 1.165) is 29.7 Å². The summed E-state index contributed by atoms with van der Waals surface area (Å²) < 4.78 is 16.4. The van der Waals surface area contributed by atoms with Gasteiger partial charge in [-0.1, -0.05) is 37.6 Å². The van der Waals surface area contributed by atoms with Crippen molar-refractivity contribution in [1.82, 2.24) is 9.88 Å². The first-order chi connectivity index (χ1) is 15.3. The molecular formula is C26H36N2O4. The van der Waals surface area contributed by atoms with Crippen molar-refractivity contribution in [3.63, 3.8) is 0 Å². The fraction of sp³-hybridized carbons (Fsp3) is 0.462. The molecule has 0 saturated carbocycles. The summed E-state index contributed by atoms with van der Waals surface area (Å²) in [6.07, 6.45) is 5.37. The first kappa shape index (κ1) is 25.4. The summed E-state index contributed by atoms with van der Waals surface area (Å²) in [5, 5.41) is 0. The Labute approximate surface area is 192 Å². The molecule has 1 fully saturated rings. The van der Waals surface area contributed by atoms with E-state index in [0.29, 0.717) is 25.6 Å². The average Bonchev–Trinajstić information content (AvgIpc) is 2.76. The molecule has 2 heterocycles. The van der Waals surface area contributed by atoms with E-state index in [2.05, 4.69) is 17.1 Å². The Morgan fingerprint density at radius 1 is 1.12 bits per heavy atom. The molecule has 1 aromatic heterocycles. The molecule has 1 aliphatic rings. The van der Waals surface area contributed by atoms with E-state index in [9.17, 15) is 4.79 Å². The van der Waals surface area contributed by atoms with E-state index in [4.69, 9.17) is 14.2 Å². The van der Waals surface area contributed by atoms with Gasteiger partial charge in [0, 0.05) is 32.5 Å². The maximum atomic E-state index is 12.2. The third-order valence-electron chi connectivity index (χ3n) is 4.62. The van der Waals surface area contributed by atoms with Crippen molar-refractivity contribution in [1.29, 1.82) is 0 Å². The molecule has 32 heavy (non-hydrogen) atoms. The second-order valence-electron chi connectivity index (χ2n) is 8.38. The third kappa shape index (κ3) is 8.35. The van der Waals surface area contributed by atoms with Crippen molar-refractivity contribution in [2.75, 3.05) is 20.2 Å². The summed E-state index contributed by atoms with van der Waals surface area (Å²) in [7, 11) is 1.66. The topological polar surface area (TPSA) is 60.9 Å². The number of hydrogen-bond donors (Lipinski definition) is 0. The Kier molecular flexibility index (Phi) is 9.72. The predicted molar refractivity (Wildman–Crippen MR) is 128 cm³/mol. The van der Waals surface area contributed by atoms with Crippen LogP contribution in [0.25, 0.3) is 6.08 Å². The Bertz CT molecular complexity index is 875. The molecule has 6 nitrogen and oxygen atoms in total. The van der Waals surface area contributed by atoms with Crippen LogP contribution in [0.15, 0.2) is 48.2 Å². The van der Waals surface area contributed by atoms with Gasteiger partial charge in [0.05, 0.1) is 6.61 Å².